The number of benzene rings is 5. The third kappa shape index (κ3) is 8.07. The molecule has 0 fully saturated rings. The summed E-state index contributed by atoms with van der Waals surface area (Å²) in [5.74, 6) is 2.15. The summed E-state index contributed by atoms with van der Waals surface area (Å²) in [6, 6.07) is 37.5. The number of hydrogen-bond donors (Lipinski definition) is 0. The molecule has 2 heterocycles. The Morgan fingerprint density at radius 3 is 1.89 bits per heavy atom. The SMILES string of the molecule is COc1ccc(CN(Cc2ccc(OC)cc2)S(=O)(=O)c2c(CCC#N)ccc(-c3ccnc4ccccc34)c2-c2nnn(Cc3ccc(OC)cc3)n2)cc1. The minimum atomic E-state index is -4.39. The fourth-order valence-corrected chi connectivity index (χ4v) is 8.47. The lowest BCUT2D eigenvalue weighted by Gasteiger charge is -2.26. The quantitative estimate of drug-likeness (QED) is 0.103. The van der Waals surface area contributed by atoms with Gasteiger partial charge in [-0.25, -0.2) is 8.42 Å². The standard InChI is InChI=1S/C43H39N7O5S/c1-53-34-17-10-30(11-18-34)27-49(28-31-12-19-35(54-2)20-13-31)56(51,52)42-33(7-6-25-44)16-23-39(37-24-26-45-40-9-5-4-8-38(37)40)41(42)43-46-48-50(47-43)29-32-14-21-36(55-3)22-15-32/h4-5,8-24,26H,6-7,27-29H2,1-3H3. The van der Waals surface area contributed by atoms with Crippen LogP contribution in [0.1, 0.15) is 28.7 Å². The molecule has 0 bridgehead atoms. The molecule has 0 saturated heterocycles. The Kier molecular flexibility index (Phi) is 11.3. The smallest absolute Gasteiger partial charge is 0.244 e. The molecule has 5 aromatic carbocycles. The van der Waals surface area contributed by atoms with Crippen molar-refractivity contribution in [2.75, 3.05) is 21.3 Å². The van der Waals surface area contributed by atoms with Crippen molar-refractivity contribution in [1.29, 1.82) is 5.26 Å². The van der Waals surface area contributed by atoms with Gasteiger partial charge in [0.25, 0.3) is 0 Å². The lowest BCUT2D eigenvalue weighted by atomic mass is 9.93. The van der Waals surface area contributed by atoms with Crippen LogP contribution in [0.15, 0.2) is 126 Å². The fraction of sp³-hybridized carbons (Fsp3) is 0.186. The molecule has 0 atom stereocenters. The van der Waals surface area contributed by atoms with Crippen LogP contribution < -0.4 is 14.2 Å². The molecule has 0 aliphatic carbocycles. The first-order valence-corrected chi connectivity index (χ1v) is 19.3. The highest BCUT2D eigenvalue weighted by atomic mass is 32.2. The second kappa shape index (κ2) is 16.8. The van der Waals surface area contributed by atoms with Gasteiger partial charge in [0.2, 0.25) is 15.8 Å². The van der Waals surface area contributed by atoms with E-state index in [2.05, 4.69) is 21.4 Å². The molecule has 12 nitrogen and oxygen atoms in total. The van der Waals surface area contributed by atoms with E-state index in [0.29, 0.717) is 28.4 Å². The van der Waals surface area contributed by atoms with E-state index in [4.69, 9.17) is 19.3 Å². The normalized spacial score (nSPS) is 11.4. The van der Waals surface area contributed by atoms with Crippen LogP contribution in [0.25, 0.3) is 33.4 Å². The number of aromatic nitrogens is 5. The molecule has 0 saturated carbocycles. The third-order valence-corrected chi connectivity index (χ3v) is 11.4. The number of pyridine rings is 1. The number of nitriles is 1. The molecule has 0 unspecified atom stereocenters. The molecule has 0 spiro atoms. The molecule has 7 rings (SSSR count). The minimum absolute atomic E-state index is 0.0113. The predicted molar refractivity (Wildman–Crippen MR) is 212 cm³/mol. The van der Waals surface area contributed by atoms with Crippen LogP contribution in [0.5, 0.6) is 17.2 Å². The first-order valence-electron chi connectivity index (χ1n) is 17.9. The first kappa shape index (κ1) is 37.7. The van der Waals surface area contributed by atoms with Gasteiger partial charge in [0.15, 0.2) is 0 Å². The summed E-state index contributed by atoms with van der Waals surface area (Å²) >= 11 is 0. The van der Waals surface area contributed by atoms with Crippen molar-refractivity contribution >= 4 is 20.9 Å². The Morgan fingerprint density at radius 1 is 0.714 bits per heavy atom. The minimum Gasteiger partial charge on any atom is -0.497 e. The molecular formula is C43H39N7O5S. The average Bonchev–Trinajstić information content (AvgIpc) is 3.71. The van der Waals surface area contributed by atoms with E-state index in [9.17, 15) is 5.26 Å². The second-order valence-electron chi connectivity index (χ2n) is 13.0. The van der Waals surface area contributed by atoms with Gasteiger partial charge in [-0.05, 0) is 93.5 Å². The maximum Gasteiger partial charge on any atom is 0.244 e. The van der Waals surface area contributed by atoms with Crippen molar-refractivity contribution in [3.8, 4) is 45.8 Å². The molecule has 282 valence electrons. The number of aryl methyl sites for hydroxylation is 1. The number of methoxy groups -OCH3 is 3. The molecule has 0 radical (unpaired) electrons. The van der Waals surface area contributed by atoms with Crippen LogP contribution in [0.4, 0.5) is 0 Å². The Hall–Kier alpha value is -6.62. The Morgan fingerprint density at radius 2 is 1.30 bits per heavy atom. The van der Waals surface area contributed by atoms with Crippen molar-refractivity contribution in [2.45, 2.75) is 37.4 Å². The Bertz CT molecular complexity index is 2550. The average molecular weight is 766 g/mol. The lowest BCUT2D eigenvalue weighted by molar-refractivity contribution is 0.397. The Balaban J connectivity index is 1.45. The molecule has 7 aromatic rings. The largest absolute Gasteiger partial charge is 0.497 e. The van der Waals surface area contributed by atoms with Crippen molar-refractivity contribution in [3.63, 3.8) is 0 Å². The highest BCUT2D eigenvalue weighted by molar-refractivity contribution is 7.89. The number of rotatable bonds is 15. The maximum atomic E-state index is 15.7. The molecule has 0 aliphatic rings. The highest BCUT2D eigenvalue weighted by Gasteiger charge is 2.34. The summed E-state index contributed by atoms with van der Waals surface area (Å²) in [7, 11) is 0.378. The molecule has 13 heteroatoms. The molecule has 0 aliphatic heterocycles. The van der Waals surface area contributed by atoms with Crippen LogP contribution >= 0.6 is 0 Å². The summed E-state index contributed by atoms with van der Waals surface area (Å²) in [5, 5.41) is 24.3. The zero-order valence-electron chi connectivity index (χ0n) is 31.2. The van der Waals surface area contributed by atoms with Gasteiger partial charge in [0.05, 0.1) is 49.9 Å². The number of ether oxygens (including phenoxy) is 3. The van der Waals surface area contributed by atoms with Gasteiger partial charge in [-0.15, -0.1) is 10.2 Å². The van der Waals surface area contributed by atoms with Gasteiger partial charge in [-0.2, -0.15) is 14.4 Å². The maximum absolute atomic E-state index is 15.7. The fourth-order valence-electron chi connectivity index (χ4n) is 6.61. The molecule has 56 heavy (non-hydrogen) atoms. The van der Waals surface area contributed by atoms with Crippen LogP contribution in [-0.2, 0) is 36.1 Å². The second-order valence-corrected chi connectivity index (χ2v) is 14.8. The van der Waals surface area contributed by atoms with E-state index >= 15 is 8.42 Å². The number of nitrogens with zero attached hydrogens (tertiary/aromatic N) is 7. The van der Waals surface area contributed by atoms with E-state index in [-0.39, 0.29) is 48.8 Å². The van der Waals surface area contributed by atoms with Gasteiger partial charge in [-0.3, -0.25) is 4.98 Å². The van der Waals surface area contributed by atoms with Gasteiger partial charge in [-0.1, -0.05) is 66.7 Å². The van der Waals surface area contributed by atoms with E-state index in [1.54, 1.807) is 57.9 Å². The summed E-state index contributed by atoms with van der Waals surface area (Å²) in [6.45, 7) is 0.354. The van der Waals surface area contributed by atoms with Crippen LogP contribution in [0, 0.1) is 11.3 Å². The molecule has 2 aromatic heterocycles. The van der Waals surface area contributed by atoms with E-state index in [1.165, 1.54) is 9.10 Å². The van der Waals surface area contributed by atoms with Crippen molar-refractivity contribution in [3.05, 3.63) is 144 Å². The van der Waals surface area contributed by atoms with Crippen LogP contribution in [0.2, 0.25) is 0 Å². The number of tetrazole rings is 1. The monoisotopic (exact) mass is 765 g/mol. The summed E-state index contributed by atoms with van der Waals surface area (Å²) in [5.41, 5.74) is 5.22. The molecule has 0 N–H and O–H groups in total. The summed E-state index contributed by atoms with van der Waals surface area (Å²) in [6.07, 6.45) is 1.97. The summed E-state index contributed by atoms with van der Waals surface area (Å²) < 4.78 is 48.8. The number of para-hydroxylation sites is 1. The van der Waals surface area contributed by atoms with E-state index in [1.807, 2.05) is 84.9 Å². The number of sulfonamides is 1. The highest BCUT2D eigenvalue weighted by Crippen LogP contribution is 2.42. The van der Waals surface area contributed by atoms with Gasteiger partial charge in [0.1, 0.15) is 17.2 Å². The van der Waals surface area contributed by atoms with Crippen LogP contribution in [-0.4, -0.2) is 59.2 Å². The van der Waals surface area contributed by atoms with Crippen molar-refractivity contribution < 1.29 is 22.6 Å². The number of hydrogen-bond acceptors (Lipinski definition) is 10. The van der Waals surface area contributed by atoms with E-state index in [0.717, 1.165) is 33.2 Å². The third-order valence-electron chi connectivity index (χ3n) is 9.48. The number of fused-ring (bicyclic) bond motifs is 1. The first-order chi connectivity index (χ1) is 27.3. The topological polar surface area (TPSA) is 145 Å². The van der Waals surface area contributed by atoms with Gasteiger partial charge < -0.3 is 14.2 Å². The van der Waals surface area contributed by atoms with Gasteiger partial charge in [0, 0.05) is 31.1 Å². The zero-order valence-corrected chi connectivity index (χ0v) is 32.0. The molecular weight excluding hydrogens is 727 g/mol. The summed E-state index contributed by atoms with van der Waals surface area (Å²) in [4.78, 5) is 6.02. The van der Waals surface area contributed by atoms with Crippen molar-refractivity contribution in [2.24, 2.45) is 0 Å². The van der Waals surface area contributed by atoms with E-state index < -0.39 is 10.0 Å². The Labute approximate surface area is 325 Å². The zero-order chi connectivity index (χ0) is 39.1. The predicted octanol–water partition coefficient (Wildman–Crippen LogP) is 7.48. The lowest BCUT2D eigenvalue weighted by Crippen LogP contribution is -2.31. The molecule has 0 amide bonds. The van der Waals surface area contributed by atoms with Crippen molar-refractivity contribution in [1.82, 2.24) is 29.5 Å². The van der Waals surface area contributed by atoms with Crippen LogP contribution in [0.3, 0.4) is 0 Å². The van der Waals surface area contributed by atoms with Gasteiger partial charge >= 0.3 is 0 Å².